The maximum Gasteiger partial charge on any atom is 0.322 e. The molecule has 3 aromatic rings. The maximum absolute atomic E-state index is 13.1. The zero-order valence-corrected chi connectivity index (χ0v) is 17.5. The molecule has 0 unspecified atom stereocenters. The van der Waals surface area contributed by atoms with Gasteiger partial charge >= 0.3 is 6.03 Å². The molecule has 152 valence electrons. The topological polar surface area (TPSA) is 67.2 Å². The molecule has 0 aliphatic heterocycles. The quantitative estimate of drug-likeness (QED) is 0.659. The zero-order chi connectivity index (χ0) is 21.0. The van der Waals surface area contributed by atoms with E-state index in [9.17, 15) is 9.59 Å². The van der Waals surface area contributed by atoms with Crippen molar-refractivity contribution in [1.82, 2.24) is 14.5 Å². The Morgan fingerprint density at radius 2 is 1.83 bits per heavy atom. The van der Waals surface area contributed by atoms with Crippen LogP contribution in [-0.4, -0.2) is 27.0 Å². The number of aryl methyl sites for hydroxylation is 1. The van der Waals surface area contributed by atoms with Crippen LogP contribution in [0.2, 0.25) is 0 Å². The summed E-state index contributed by atoms with van der Waals surface area (Å²) in [7, 11) is 0. The van der Waals surface area contributed by atoms with Gasteiger partial charge in [0.25, 0.3) is 5.56 Å². The molecule has 1 aromatic heterocycles. The lowest BCUT2D eigenvalue weighted by atomic mass is 10.2. The molecule has 0 aliphatic rings. The molecule has 0 radical (unpaired) electrons. The first-order chi connectivity index (χ1) is 14.0. The van der Waals surface area contributed by atoms with Gasteiger partial charge in [-0.3, -0.25) is 9.36 Å². The molecule has 3 rings (SSSR count). The Morgan fingerprint density at radius 3 is 2.52 bits per heavy atom. The van der Waals surface area contributed by atoms with E-state index in [1.807, 2.05) is 70.2 Å². The number of amides is 2. The summed E-state index contributed by atoms with van der Waals surface area (Å²) < 4.78 is 1.71. The number of hydrogen-bond donors (Lipinski definition) is 1. The average molecular weight is 393 g/mol. The van der Waals surface area contributed by atoms with Crippen molar-refractivity contribution in [1.29, 1.82) is 0 Å². The Kier molecular flexibility index (Phi) is 6.32. The van der Waals surface area contributed by atoms with Gasteiger partial charge in [0.1, 0.15) is 5.82 Å². The maximum atomic E-state index is 13.1. The summed E-state index contributed by atoms with van der Waals surface area (Å²) in [4.78, 5) is 32.6. The minimum absolute atomic E-state index is 0.0605. The minimum atomic E-state index is -0.354. The highest BCUT2D eigenvalue weighted by molar-refractivity contribution is 5.90. The Morgan fingerprint density at radius 1 is 1.14 bits per heavy atom. The fourth-order valence-corrected chi connectivity index (χ4v) is 3.58. The normalized spacial score (nSPS) is 12.0. The van der Waals surface area contributed by atoms with Crippen molar-refractivity contribution >= 4 is 22.6 Å². The van der Waals surface area contributed by atoms with Crippen LogP contribution in [0.1, 0.15) is 44.6 Å². The van der Waals surface area contributed by atoms with Gasteiger partial charge in [-0.1, -0.05) is 37.3 Å². The molecule has 29 heavy (non-hydrogen) atoms. The Bertz CT molecular complexity index is 1070. The van der Waals surface area contributed by atoms with Crippen molar-refractivity contribution in [2.24, 2.45) is 0 Å². The van der Waals surface area contributed by atoms with Crippen LogP contribution in [0.15, 0.2) is 53.3 Å². The molecular formula is C23H28N4O2. The molecule has 0 aliphatic carbocycles. The van der Waals surface area contributed by atoms with Crippen molar-refractivity contribution in [2.45, 2.75) is 46.7 Å². The first kappa shape index (κ1) is 20.6. The lowest BCUT2D eigenvalue weighted by Crippen LogP contribution is -2.40. The number of fused-ring (bicyclic) bond motifs is 1. The number of carbonyl (C=O) groups is 1. The highest BCUT2D eigenvalue weighted by Crippen LogP contribution is 2.22. The van der Waals surface area contributed by atoms with Gasteiger partial charge in [-0.25, -0.2) is 9.78 Å². The summed E-state index contributed by atoms with van der Waals surface area (Å²) in [5.41, 5.74) is 2.37. The fraction of sp³-hybridized carbons (Fsp3) is 0.348. The van der Waals surface area contributed by atoms with Crippen LogP contribution in [-0.2, 0) is 6.54 Å². The number of aromatic nitrogens is 2. The summed E-state index contributed by atoms with van der Waals surface area (Å²) in [6, 6.07) is 14.5. The number of anilines is 1. The third kappa shape index (κ3) is 4.16. The molecule has 1 heterocycles. The van der Waals surface area contributed by atoms with E-state index in [0.717, 1.165) is 17.7 Å². The van der Waals surface area contributed by atoms with Crippen LogP contribution < -0.4 is 10.9 Å². The summed E-state index contributed by atoms with van der Waals surface area (Å²) >= 11 is 0. The molecule has 2 aromatic carbocycles. The van der Waals surface area contributed by atoms with Crippen LogP contribution in [0, 0.1) is 6.92 Å². The molecule has 0 saturated carbocycles. The molecule has 0 fully saturated rings. The standard InChI is InChI=1S/C23H28N4O2/c1-5-15-27-21(24-20-14-10-8-12-18(20)22(27)28)17(4)26(6-2)23(29)25-19-13-9-7-11-16(19)3/h7-14,17H,5-6,15H2,1-4H3,(H,25,29)/t17-/m1/s1. The van der Waals surface area contributed by atoms with Gasteiger partial charge < -0.3 is 10.2 Å². The fourth-order valence-electron chi connectivity index (χ4n) is 3.58. The Hall–Kier alpha value is -3.15. The largest absolute Gasteiger partial charge is 0.322 e. The molecule has 6 nitrogen and oxygen atoms in total. The minimum Gasteiger partial charge on any atom is -0.315 e. The number of rotatable bonds is 6. The van der Waals surface area contributed by atoms with Crippen LogP contribution in [0.5, 0.6) is 0 Å². The van der Waals surface area contributed by atoms with E-state index in [4.69, 9.17) is 4.98 Å². The first-order valence-electron chi connectivity index (χ1n) is 10.1. The molecule has 0 bridgehead atoms. The number of para-hydroxylation sites is 2. The van der Waals surface area contributed by atoms with Crippen LogP contribution >= 0.6 is 0 Å². The predicted molar refractivity (Wildman–Crippen MR) is 117 cm³/mol. The van der Waals surface area contributed by atoms with E-state index in [1.54, 1.807) is 15.5 Å². The number of nitrogens with one attached hydrogen (secondary N) is 1. The monoisotopic (exact) mass is 392 g/mol. The first-order valence-corrected chi connectivity index (χ1v) is 10.1. The van der Waals surface area contributed by atoms with Crippen LogP contribution in [0.25, 0.3) is 10.9 Å². The lowest BCUT2D eigenvalue weighted by molar-refractivity contribution is 0.192. The van der Waals surface area contributed by atoms with E-state index in [0.29, 0.717) is 29.8 Å². The SMILES string of the molecule is CCCn1c([C@@H](C)N(CC)C(=O)Nc2ccccc2C)nc2ccccc2c1=O. The Balaban J connectivity index is 2.00. The Labute approximate surface area is 171 Å². The summed E-state index contributed by atoms with van der Waals surface area (Å²) in [6.07, 6.45) is 0.807. The van der Waals surface area contributed by atoms with Gasteiger partial charge in [-0.15, -0.1) is 0 Å². The van der Waals surface area contributed by atoms with Crippen molar-refractivity contribution in [3.63, 3.8) is 0 Å². The van der Waals surface area contributed by atoms with Gasteiger partial charge in [0.15, 0.2) is 0 Å². The number of benzene rings is 2. The third-order valence-electron chi connectivity index (χ3n) is 5.17. The van der Waals surface area contributed by atoms with Gasteiger partial charge in [0, 0.05) is 18.8 Å². The van der Waals surface area contributed by atoms with E-state index in [2.05, 4.69) is 5.32 Å². The molecule has 1 atom stereocenters. The second-order valence-corrected chi connectivity index (χ2v) is 7.15. The molecule has 0 spiro atoms. The molecule has 2 amide bonds. The van der Waals surface area contributed by atoms with Crippen LogP contribution in [0.4, 0.5) is 10.5 Å². The molecule has 0 saturated heterocycles. The molecular weight excluding hydrogens is 364 g/mol. The summed E-state index contributed by atoms with van der Waals surface area (Å²) in [5.74, 6) is 0.609. The van der Waals surface area contributed by atoms with Crippen molar-refractivity contribution < 1.29 is 4.79 Å². The molecule has 1 N–H and O–H groups in total. The van der Waals surface area contributed by atoms with E-state index in [-0.39, 0.29) is 17.6 Å². The van der Waals surface area contributed by atoms with Crippen molar-refractivity contribution in [3.8, 4) is 0 Å². The number of hydrogen-bond acceptors (Lipinski definition) is 3. The molecule has 6 heteroatoms. The highest BCUT2D eigenvalue weighted by atomic mass is 16.2. The number of carbonyl (C=O) groups excluding carboxylic acids is 1. The number of nitrogens with zero attached hydrogens (tertiary/aromatic N) is 3. The van der Waals surface area contributed by atoms with E-state index < -0.39 is 0 Å². The summed E-state index contributed by atoms with van der Waals surface area (Å²) in [6.45, 7) is 8.89. The second-order valence-electron chi connectivity index (χ2n) is 7.15. The second kappa shape index (κ2) is 8.90. The van der Waals surface area contributed by atoms with Gasteiger partial charge in [0.2, 0.25) is 0 Å². The third-order valence-corrected chi connectivity index (χ3v) is 5.17. The van der Waals surface area contributed by atoms with Crippen molar-refractivity contribution in [3.05, 3.63) is 70.3 Å². The lowest BCUT2D eigenvalue weighted by Gasteiger charge is -2.29. The number of urea groups is 1. The zero-order valence-electron chi connectivity index (χ0n) is 17.5. The average Bonchev–Trinajstić information content (AvgIpc) is 2.72. The predicted octanol–water partition coefficient (Wildman–Crippen LogP) is 4.73. The van der Waals surface area contributed by atoms with Crippen molar-refractivity contribution in [2.75, 3.05) is 11.9 Å². The van der Waals surface area contributed by atoms with Gasteiger partial charge in [-0.2, -0.15) is 0 Å². The summed E-state index contributed by atoms with van der Waals surface area (Å²) in [5, 5.41) is 3.59. The highest BCUT2D eigenvalue weighted by Gasteiger charge is 2.25. The van der Waals surface area contributed by atoms with Gasteiger partial charge in [-0.05, 0) is 51.0 Å². The van der Waals surface area contributed by atoms with Gasteiger partial charge in [0.05, 0.1) is 16.9 Å². The van der Waals surface area contributed by atoms with Crippen LogP contribution in [0.3, 0.4) is 0 Å². The smallest absolute Gasteiger partial charge is 0.315 e. The van der Waals surface area contributed by atoms with E-state index >= 15 is 0 Å². The van der Waals surface area contributed by atoms with E-state index in [1.165, 1.54) is 0 Å².